The van der Waals surface area contributed by atoms with E-state index in [-0.39, 0.29) is 0 Å². The minimum atomic E-state index is 0.415. The molecule has 3 nitrogen and oxygen atoms in total. The van der Waals surface area contributed by atoms with Gasteiger partial charge in [0, 0.05) is 5.56 Å². The number of rotatable bonds is 9. The quantitative estimate of drug-likeness (QED) is 0.559. The molecule has 0 fully saturated rings. The van der Waals surface area contributed by atoms with E-state index < -0.39 is 0 Å². The lowest BCUT2D eigenvalue weighted by Crippen LogP contribution is -2.82. The molecule has 0 aromatic heterocycles. The molecule has 19 heavy (non-hydrogen) atoms. The molecule has 1 rings (SSSR count). The van der Waals surface area contributed by atoms with Gasteiger partial charge in [-0.15, -0.1) is 0 Å². The molecule has 4 heteroatoms. The van der Waals surface area contributed by atoms with Crippen molar-refractivity contribution in [2.45, 2.75) is 26.3 Å². The van der Waals surface area contributed by atoms with E-state index in [0.717, 1.165) is 18.7 Å². The van der Waals surface area contributed by atoms with Crippen molar-refractivity contribution in [1.29, 1.82) is 0 Å². The number of hydrogen-bond acceptors (Lipinski definition) is 2. The predicted molar refractivity (Wildman–Crippen MR) is 79.1 cm³/mol. The largest absolute Gasteiger partial charge is 0.493 e. The van der Waals surface area contributed by atoms with Crippen molar-refractivity contribution in [1.82, 2.24) is 0 Å². The average Bonchev–Trinajstić information content (AvgIpc) is 2.42. The fraction of sp³-hybridized carbons (Fsp3) is 0.467. The van der Waals surface area contributed by atoms with Crippen molar-refractivity contribution in [3.05, 3.63) is 35.4 Å². The number of halogens is 1. The Kier molecular flexibility index (Phi) is 7.38. The molecule has 0 radical (unpaired) electrons. The highest BCUT2D eigenvalue weighted by Crippen LogP contribution is 2.36. The number of methoxy groups -OCH3 is 1. The molecule has 0 unspecified atom stereocenters. The van der Waals surface area contributed by atoms with Crippen LogP contribution in [0.5, 0.6) is 11.5 Å². The van der Waals surface area contributed by atoms with Gasteiger partial charge in [-0.2, -0.15) is 0 Å². The summed E-state index contributed by atoms with van der Waals surface area (Å²) < 4.78 is 10.9. The first-order valence-corrected chi connectivity index (χ1v) is 7.02. The number of benzene rings is 1. The predicted octanol–water partition coefficient (Wildman–Crippen LogP) is 2.78. The van der Waals surface area contributed by atoms with E-state index in [1.807, 2.05) is 12.1 Å². The third kappa shape index (κ3) is 5.13. The summed E-state index contributed by atoms with van der Waals surface area (Å²) in [4.78, 5) is 0. The van der Waals surface area contributed by atoms with Crippen LogP contribution in [0.3, 0.4) is 0 Å². The van der Waals surface area contributed by atoms with Crippen LogP contribution < -0.4 is 14.8 Å². The van der Waals surface area contributed by atoms with E-state index in [1.54, 1.807) is 13.2 Å². The molecule has 0 aliphatic rings. The Morgan fingerprint density at radius 3 is 2.84 bits per heavy atom. The summed E-state index contributed by atoms with van der Waals surface area (Å²) in [5.41, 5.74) is 1.14. The van der Waals surface area contributed by atoms with Gasteiger partial charge < -0.3 is 14.8 Å². The third-order valence-corrected chi connectivity index (χ3v) is 3.06. The smallest absolute Gasteiger partial charge is 0.180 e. The first-order valence-electron chi connectivity index (χ1n) is 6.64. The number of nitrogens with two attached hydrogens (primary N) is 1. The molecule has 0 spiro atoms. The summed E-state index contributed by atoms with van der Waals surface area (Å²) in [7, 11) is 1.62. The van der Waals surface area contributed by atoms with Gasteiger partial charge in [-0.1, -0.05) is 37.6 Å². The van der Waals surface area contributed by atoms with Crippen molar-refractivity contribution >= 4 is 11.6 Å². The molecule has 0 aliphatic carbocycles. The van der Waals surface area contributed by atoms with Crippen LogP contribution in [0.1, 0.15) is 25.3 Å². The molecular formula is C15H23ClNO2+. The molecule has 0 saturated carbocycles. The van der Waals surface area contributed by atoms with E-state index in [1.165, 1.54) is 12.8 Å². The molecule has 0 saturated heterocycles. The van der Waals surface area contributed by atoms with Gasteiger partial charge in [0.1, 0.15) is 13.2 Å². The first-order chi connectivity index (χ1) is 9.22. The van der Waals surface area contributed by atoms with E-state index >= 15 is 0 Å². The normalized spacial score (nSPS) is 10.3. The maximum atomic E-state index is 6.24. The monoisotopic (exact) mass is 284 g/mol. The van der Waals surface area contributed by atoms with Crippen LogP contribution in [0.4, 0.5) is 0 Å². The molecule has 1 aromatic carbocycles. The number of ether oxygens (including phenoxy) is 2. The zero-order valence-corrected chi connectivity index (χ0v) is 12.5. The Morgan fingerprint density at radius 2 is 2.21 bits per heavy atom. The van der Waals surface area contributed by atoms with Crippen LogP contribution in [-0.4, -0.2) is 20.3 Å². The Hall–Kier alpha value is -1.19. The molecule has 0 atom stereocenters. The molecule has 2 N–H and O–H groups in total. The second kappa shape index (κ2) is 8.83. The minimum absolute atomic E-state index is 0.415. The third-order valence-electron chi connectivity index (χ3n) is 2.78. The van der Waals surface area contributed by atoms with Crippen molar-refractivity contribution in [3.8, 4) is 11.5 Å². The van der Waals surface area contributed by atoms with Crippen molar-refractivity contribution in [2.24, 2.45) is 0 Å². The fourth-order valence-electron chi connectivity index (χ4n) is 1.79. The maximum absolute atomic E-state index is 6.24. The van der Waals surface area contributed by atoms with Gasteiger partial charge in [-0.05, 0) is 18.6 Å². The molecule has 0 aliphatic heterocycles. The van der Waals surface area contributed by atoms with Crippen molar-refractivity contribution < 1.29 is 14.8 Å². The Balaban J connectivity index is 2.74. The summed E-state index contributed by atoms with van der Waals surface area (Å²) in [5, 5.41) is 2.86. The number of hydrogen-bond donors (Lipinski definition) is 1. The van der Waals surface area contributed by atoms with E-state index in [4.69, 9.17) is 21.1 Å². The van der Waals surface area contributed by atoms with E-state index in [2.05, 4.69) is 18.8 Å². The van der Waals surface area contributed by atoms with Crippen LogP contribution in [0, 0.1) is 0 Å². The minimum Gasteiger partial charge on any atom is -0.493 e. The standard InChI is InChI=1S/C15H22ClNO2/c1-4-6-7-17-11-12-9-13(16)15(19-8-5-2)14(10-12)18-3/h5,9-10,17H,2,4,6-8,11H2,1,3H3/p+1. The van der Waals surface area contributed by atoms with Crippen LogP contribution in [0.15, 0.2) is 24.8 Å². The number of unbranched alkanes of at least 4 members (excludes halogenated alkanes) is 1. The van der Waals surface area contributed by atoms with Crippen LogP contribution in [0.2, 0.25) is 5.02 Å². The molecule has 106 valence electrons. The van der Waals surface area contributed by atoms with Crippen molar-refractivity contribution in [2.75, 3.05) is 20.3 Å². The summed E-state index contributed by atoms with van der Waals surface area (Å²) in [5.74, 6) is 1.26. The Labute approximate surface area is 120 Å². The summed E-state index contributed by atoms with van der Waals surface area (Å²) in [6.07, 6.45) is 4.13. The molecule has 1 aromatic rings. The van der Waals surface area contributed by atoms with Gasteiger partial charge in [0.05, 0.1) is 18.7 Å². The molecule has 0 heterocycles. The Bertz CT molecular complexity index is 407. The van der Waals surface area contributed by atoms with E-state index in [0.29, 0.717) is 23.1 Å². The summed E-state index contributed by atoms with van der Waals surface area (Å²) >= 11 is 6.24. The van der Waals surface area contributed by atoms with Gasteiger partial charge in [0.25, 0.3) is 0 Å². The molecule has 0 bridgehead atoms. The fourth-order valence-corrected chi connectivity index (χ4v) is 2.08. The second-order valence-electron chi connectivity index (χ2n) is 4.34. The second-order valence-corrected chi connectivity index (χ2v) is 4.75. The maximum Gasteiger partial charge on any atom is 0.180 e. The SMILES string of the molecule is C=CCOc1c(Cl)cc(C[NH2+]CCCC)cc1OC. The lowest BCUT2D eigenvalue weighted by molar-refractivity contribution is -0.670. The Morgan fingerprint density at radius 1 is 1.42 bits per heavy atom. The highest BCUT2D eigenvalue weighted by atomic mass is 35.5. The van der Waals surface area contributed by atoms with Gasteiger partial charge in [0.15, 0.2) is 11.5 Å². The van der Waals surface area contributed by atoms with Crippen LogP contribution in [0.25, 0.3) is 0 Å². The zero-order valence-electron chi connectivity index (χ0n) is 11.7. The van der Waals surface area contributed by atoms with Gasteiger partial charge in [-0.3, -0.25) is 0 Å². The lowest BCUT2D eigenvalue weighted by Gasteiger charge is -2.12. The van der Waals surface area contributed by atoms with E-state index in [9.17, 15) is 0 Å². The highest BCUT2D eigenvalue weighted by Gasteiger charge is 2.12. The lowest BCUT2D eigenvalue weighted by atomic mass is 10.2. The van der Waals surface area contributed by atoms with Gasteiger partial charge in [0.2, 0.25) is 0 Å². The van der Waals surface area contributed by atoms with Gasteiger partial charge >= 0.3 is 0 Å². The summed E-state index contributed by atoms with van der Waals surface area (Å²) in [6, 6.07) is 3.91. The van der Waals surface area contributed by atoms with Crippen LogP contribution in [-0.2, 0) is 6.54 Å². The average molecular weight is 285 g/mol. The van der Waals surface area contributed by atoms with Crippen molar-refractivity contribution in [3.63, 3.8) is 0 Å². The summed E-state index contributed by atoms with van der Waals surface area (Å²) in [6.45, 7) is 8.26. The van der Waals surface area contributed by atoms with Gasteiger partial charge in [-0.25, -0.2) is 0 Å². The topological polar surface area (TPSA) is 35.1 Å². The molecular weight excluding hydrogens is 262 g/mol. The van der Waals surface area contributed by atoms with Crippen LogP contribution >= 0.6 is 11.6 Å². The molecule has 0 amide bonds. The zero-order chi connectivity index (χ0) is 14.1. The number of quaternary nitrogens is 1. The highest BCUT2D eigenvalue weighted by molar-refractivity contribution is 6.32. The first kappa shape index (κ1) is 15.9.